The van der Waals surface area contributed by atoms with Gasteiger partial charge in [-0.05, 0) is 44.7 Å². The molecule has 0 spiro atoms. The van der Waals surface area contributed by atoms with E-state index in [1.54, 1.807) is 0 Å². The van der Waals surface area contributed by atoms with Gasteiger partial charge in [-0.15, -0.1) is 0 Å². The predicted molar refractivity (Wildman–Crippen MR) is 90.3 cm³/mol. The Morgan fingerprint density at radius 3 is 1.90 bits per heavy atom. The smallest absolute Gasteiger partial charge is 0.374 e. The van der Waals surface area contributed by atoms with Gasteiger partial charge in [0.15, 0.2) is 0 Å². The molecule has 0 atom stereocenters. The van der Waals surface area contributed by atoms with Gasteiger partial charge in [-0.1, -0.05) is 36.9 Å². The number of hydrogen-bond acceptors (Lipinski definition) is 3. The fourth-order valence-corrected chi connectivity index (χ4v) is 4.94. The molecule has 118 valence electrons. The highest BCUT2D eigenvalue weighted by Crippen LogP contribution is 2.20. The van der Waals surface area contributed by atoms with Gasteiger partial charge in [0.1, 0.15) is 0 Å². The highest BCUT2D eigenvalue weighted by molar-refractivity contribution is 6.60. The Morgan fingerprint density at radius 1 is 0.952 bits per heavy atom. The van der Waals surface area contributed by atoms with Crippen LogP contribution >= 0.6 is 0 Å². The van der Waals surface area contributed by atoms with E-state index in [0.717, 1.165) is 24.4 Å². The van der Waals surface area contributed by atoms with Crippen molar-refractivity contribution in [1.82, 2.24) is 0 Å². The molecule has 0 aliphatic carbocycles. The van der Waals surface area contributed by atoms with Crippen molar-refractivity contribution < 1.29 is 13.3 Å². The highest BCUT2D eigenvalue weighted by atomic mass is 28.4. The van der Waals surface area contributed by atoms with Crippen LogP contribution in [0.3, 0.4) is 0 Å². The third-order valence-electron chi connectivity index (χ3n) is 3.26. The van der Waals surface area contributed by atoms with E-state index >= 15 is 0 Å². The van der Waals surface area contributed by atoms with E-state index in [1.807, 2.05) is 26.8 Å². The summed E-state index contributed by atoms with van der Waals surface area (Å²) in [6.45, 7) is 11.7. The lowest BCUT2D eigenvalue weighted by Crippen LogP contribution is -2.46. The molecule has 0 unspecified atom stereocenters. The van der Waals surface area contributed by atoms with Crippen LogP contribution in [-0.4, -0.2) is 28.6 Å². The Bertz CT molecular complexity index is 386. The minimum absolute atomic E-state index is 0.639. The van der Waals surface area contributed by atoms with Gasteiger partial charge in [-0.2, -0.15) is 0 Å². The molecule has 0 fully saturated rings. The van der Waals surface area contributed by atoms with Crippen LogP contribution in [0.2, 0.25) is 6.04 Å². The zero-order chi connectivity index (χ0) is 15.6. The normalized spacial score (nSPS) is 11.6. The number of benzene rings is 1. The minimum atomic E-state index is -2.48. The molecule has 1 aromatic carbocycles. The lowest BCUT2D eigenvalue weighted by atomic mass is 10.1. The van der Waals surface area contributed by atoms with Gasteiger partial charge in [0.25, 0.3) is 0 Å². The first-order chi connectivity index (χ1) is 10.2. The number of rotatable bonds is 11. The second-order valence-electron chi connectivity index (χ2n) is 4.78. The summed E-state index contributed by atoms with van der Waals surface area (Å²) >= 11 is 0. The van der Waals surface area contributed by atoms with Gasteiger partial charge in [-0.25, -0.2) is 0 Å². The van der Waals surface area contributed by atoms with E-state index in [4.69, 9.17) is 13.3 Å². The summed E-state index contributed by atoms with van der Waals surface area (Å²) in [5, 5.41) is 0. The van der Waals surface area contributed by atoms with E-state index in [1.165, 1.54) is 5.56 Å². The van der Waals surface area contributed by atoms with Gasteiger partial charge in [0.2, 0.25) is 0 Å². The summed E-state index contributed by atoms with van der Waals surface area (Å²) in [6, 6.07) is 9.37. The molecule has 0 aliphatic rings. The van der Waals surface area contributed by atoms with Crippen LogP contribution in [0.5, 0.6) is 0 Å². The summed E-state index contributed by atoms with van der Waals surface area (Å²) in [4.78, 5) is 0. The molecule has 0 N–H and O–H groups in total. The first kappa shape index (κ1) is 18.1. The minimum Gasteiger partial charge on any atom is -0.374 e. The fraction of sp³-hybridized carbons (Fsp3) is 0.529. The molecule has 0 amide bonds. The first-order valence-corrected chi connectivity index (χ1v) is 9.76. The average Bonchev–Trinajstić information content (AvgIpc) is 2.49. The second kappa shape index (κ2) is 9.90. The molecule has 1 aromatic rings. The quantitative estimate of drug-likeness (QED) is 0.570. The molecular weight excluding hydrogens is 280 g/mol. The maximum atomic E-state index is 5.87. The zero-order valence-electron chi connectivity index (χ0n) is 13.6. The maximum Gasteiger partial charge on any atom is 0.500 e. The predicted octanol–water partition coefficient (Wildman–Crippen LogP) is 4.31. The molecule has 3 nitrogen and oxygen atoms in total. The Morgan fingerprint density at radius 2 is 1.48 bits per heavy atom. The van der Waals surface area contributed by atoms with E-state index < -0.39 is 8.80 Å². The van der Waals surface area contributed by atoms with Gasteiger partial charge >= 0.3 is 8.80 Å². The van der Waals surface area contributed by atoms with Crippen molar-refractivity contribution in [1.29, 1.82) is 0 Å². The van der Waals surface area contributed by atoms with Crippen LogP contribution in [0.15, 0.2) is 30.8 Å². The van der Waals surface area contributed by atoms with Crippen LogP contribution in [0, 0.1) is 0 Å². The Hall–Kier alpha value is -0.943. The van der Waals surface area contributed by atoms with Crippen molar-refractivity contribution in [2.45, 2.75) is 39.7 Å². The summed E-state index contributed by atoms with van der Waals surface area (Å²) < 4.78 is 17.6. The van der Waals surface area contributed by atoms with Gasteiger partial charge in [0.05, 0.1) is 0 Å². The zero-order valence-corrected chi connectivity index (χ0v) is 14.6. The van der Waals surface area contributed by atoms with E-state index in [2.05, 4.69) is 30.8 Å². The summed E-state index contributed by atoms with van der Waals surface area (Å²) in [5.41, 5.74) is 2.48. The van der Waals surface area contributed by atoms with Crippen molar-refractivity contribution in [2.75, 3.05) is 19.8 Å². The number of hydrogen-bond donors (Lipinski definition) is 0. The monoisotopic (exact) mass is 308 g/mol. The maximum absolute atomic E-state index is 5.87. The summed E-state index contributed by atoms with van der Waals surface area (Å²) in [7, 11) is -2.48. The highest BCUT2D eigenvalue weighted by Gasteiger charge is 2.39. The number of aryl methyl sites for hydroxylation is 1. The Kier molecular flexibility index (Phi) is 8.53. The van der Waals surface area contributed by atoms with Crippen molar-refractivity contribution in [3.05, 3.63) is 42.0 Å². The van der Waals surface area contributed by atoms with Crippen LogP contribution in [0.4, 0.5) is 0 Å². The first-order valence-electron chi connectivity index (χ1n) is 7.83. The van der Waals surface area contributed by atoms with E-state index in [0.29, 0.717) is 19.8 Å². The lowest BCUT2D eigenvalue weighted by Gasteiger charge is -2.28. The molecule has 0 heterocycles. The molecule has 1 rings (SSSR count). The third-order valence-corrected chi connectivity index (χ3v) is 6.41. The molecule has 21 heavy (non-hydrogen) atoms. The van der Waals surface area contributed by atoms with Crippen LogP contribution in [0.1, 0.15) is 38.3 Å². The summed E-state index contributed by atoms with van der Waals surface area (Å²) in [6.07, 6.45) is 3.89. The molecular formula is C17H28O3Si. The summed E-state index contributed by atoms with van der Waals surface area (Å²) in [5.74, 6) is 0. The van der Waals surface area contributed by atoms with Gasteiger partial charge < -0.3 is 13.3 Å². The van der Waals surface area contributed by atoms with Crippen molar-refractivity contribution >= 4 is 14.9 Å². The molecule has 0 radical (unpaired) electrons. The lowest BCUT2D eigenvalue weighted by molar-refractivity contribution is 0.0708. The fourth-order valence-electron chi connectivity index (χ4n) is 2.33. The topological polar surface area (TPSA) is 27.7 Å². The van der Waals surface area contributed by atoms with Crippen LogP contribution < -0.4 is 0 Å². The van der Waals surface area contributed by atoms with Crippen LogP contribution in [-0.2, 0) is 19.7 Å². The third kappa shape index (κ3) is 6.14. The van der Waals surface area contributed by atoms with Gasteiger partial charge in [-0.3, -0.25) is 0 Å². The second-order valence-corrected chi connectivity index (χ2v) is 7.51. The van der Waals surface area contributed by atoms with Crippen molar-refractivity contribution in [3.63, 3.8) is 0 Å². The average molecular weight is 308 g/mol. The standard InChI is InChI=1S/C17H28O3Si/c1-5-16-11-13-17(14-12-16)10-9-15-21(18-6-2,19-7-3)20-8-4/h5,11-14H,1,6-10,15H2,2-4H3. The Labute approximate surface area is 130 Å². The van der Waals surface area contributed by atoms with Crippen molar-refractivity contribution in [2.24, 2.45) is 0 Å². The molecule has 0 aromatic heterocycles. The molecule has 0 bridgehead atoms. The van der Waals surface area contributed by atoms with Crippen LogP contribution in [0.25, 0.3) is 6.08 Å². The molecule has 4 heteroatoms. The Balaban J connectivity index is 2.56. The molecule has 0 saturated carbocycles. The van der Waals surface area contributed by atoms with E-state index in [-0.39, 0.29) is 0 Å². The molecule has 0 aliphatic heterocycles. The molecule has 0 saturated heterocycles. The van der Waals surface area contributed by atoms with E-state index in [9.17, 15) is 0 Å². The SMILES string of the molecule is C=Cc1ccc(CCC[Si](OCC)(OCC)OCC)cc1. The largest absolute Gasteiger partial charge is 0.500 e. The van der Waals surface area contributed by atoms with Crippen molar-refractivity contribution in [3.8, 4) is 0 Å². The van der Waals surface area contributed by atoms with Gasteiger partial charge in [0, 0.05) is 25.9 Å².